The first-order valence-corrected chi connectivity index (χ1v) is 17.2. The van der Waals surface area contributed by atoms with E-state index in [2.05, 4.69) is 0 Å². The molecule has 12 rings (SSSR count). The third-order valence-electron chi connectivity index (χ3n) is 9.69. The largest absolute Gasteiger partial charge is 0.309 e. The molecule has 0 aliphatic rings. The Balaban J connectivity index is 1.24. The molecular formula is C54H35N3. The Morgan fingerprint density at radius 3 is 1.54 bits per heavy atom. The Morgan fingerprint density at radius 1 is 0.316 bits per heavy atom. The fourth-order valence-electron chi connectivity index (χ4n) is 7.36. The molecule has 57 heavy (non-hydrogen) atoms. The topological polar surface area (TPSA) is 14.8 Å². The van der Waals surface area contributed by atoms with Gasteiger partial charge in [-0.2, -0.15) is 0 Å². The van der Waals surface area contributed by atoms with Crippen molar-refractivity contribution in [1.29, 1.82) is 0 Å². The molecule has 0 amide bonds. The lowest BCUT2D eigenvalue weighted by molar-refractivity contribution is 1.16. The van der Waals surface area contributed by atoms with E-state index >= 15 is 0 Å². The Labute approximate surface area is 371 Å². The van der Waals surface area contributed by atoms with Crippen LogP contribution in [0.4, 0.5) is 0 Å². The lowest BCUT2D eigenvalue weighted by Gasteiger charge is -2.13. The van der Waals surface area contributed by atoms with E-state index in [-0.39, 0.29) is 38.6 Å². The second-order valence-electron chi connectivity index (χ2n) is 12.7. The summed E-state index contributed by atoms with van der Waals surface area (Å²) in [6.45, 7) is 0. The van der Waals surface area contributed by atoms with Crippen molar-refractivity contribution >= 4 is 65.4 Å². The summed E-state index contributed by atoms with van der Waals surface area (Å²) in [7, 11) is 0. The van der Waals surface area contributed by atoms with Crippen LogP contribution in [-0.2, 0) is 0 Å². The molecule has 3 heteroatoms. The number of para-hydroxylation sites is 4. The van der Waals surface area contributed by atoms with Gasteiger partial charge in [-0.25, -0.2) is 0 Å². The molecule has 0 aliphatic heterocycles. The van der Waals surface area contributed by atoms with Gasteiger partial charge in [-0.1, -0.05) is 139 Å². The minimum atomic E-state index is -0.972. The Hall–Kier alpha value is -7.62. The summed E-state index contributed by atoms with van der Waals surface area (Å²) in [6.07, 6.45) is 0. The highest BCUT2D eigenvalue weighted by Gasteiger charge is 2.20. The Morgan fingerprint density at radius 2 is 0.825 bits per heavy atom. The van der Waals surface area contributed by atoms with Crippen molar-refractivity contribution in [2.45, 2.75) is 0 Å². The maximum atomic E-state index is 9.94. The second-order valence-corrected chi connectivity index (χ2v) is 12.7. The monoisotopic (exact) mass is 755 g/mol. The second kappa shape index (κ2) is 12.5. The van der Waals surface area contributed by atoms with Crippen LogP contribution < -0.4 is 0 Å². The van der Waals surface area contributed by atoms with E-state index in [1.54, 1.807) is 0 Å². The van der Waals surface area contributed by atoms with Crippen LogP contribution in [0.5, 0.6) is 0 Å². The molecule has 9 aromatic carbocycles. The van der Waals surface area contributed by atoms with Crippen LogP contribution in [0.2, 0.25) is 0 Å². The average Bonchev–Trinajstić information content (AvgIpc) is 1.57. The molecule has 0 aliphatic carbocycles. The fourth-order valence-corrected chi connectivity index (χ4v) is 7.36. The van der Waals surface area contributed by atoms with Gasteiger partial charge in [0.25, 0.3) is 0 Å². The molecule has 0 N–H and O–H groups in total. The Kier molecular flexibility index (Phi) is 3.09. The van der Waals surface area contributed by atoms with Crippen LogP contribution in [0.15, 0.2) is 212 Å². The highest BCUT2D eigenvalue weighted by Crippen LogP contribution is 2.41. The van der Waals surface area contributed by atoms with Gasteiger partial charge in [0.05, 0.1) is 79.9 Å². The normalized spacial score (nSPS) is 19.2. The molecule has 0 spiro atoms. The van der Waals surface area contributed by atoms with Gasteiger partial charge in [0, 0.05) is 43.7 Å². The zero-order valence-corrected chi connectivity index (χ0v) is 28.7. The van der Waals surface area contributed by atoms with E-state index < -0.39 is 247 Å². The van der Waals surface area contributed by atoms with E-state index in [0.717, 1.165) is 15.2 Å². The summed E-state index contributed by atoms with van der Waals surface area (Å²) in [5, 5.41) is -2.54. The maximum absolute atomic E-state index is 9.94. The summed E-state index contributed by atoms with van der Waals surface area (Å²) in [5.74, 6) is 0. The van der Waals surface area contributed by atoms with Gasteiger partial charge in [-0.05, 0) is 94.8 Å². The fraction of sp³-hybridized carbons (Fsp3) is 0. The molecule has 0 bridgehead atoms. The lowest BCUT2D eigenvalue weighted by atomic mass is 9.99. The molecule has 0 fully saturated rings. The van der Waals surface area contributed by atoms with E-state index in [1.807, 2.05) is 0 Å². The first-order valence-electron chi connectivity index (χ1n) is 32.2. The standard InChI is InChI=1S/C54H35N3/c1-2-15-36(16-3-1)37-17-12-18-38(33-37)39-19-13-20-40(34-39)55-47-25-8-6-23-44(47)46-35-41(31-32-51(46)55)56-50-28-11-7-24-45(50)54-52(56)29-14-30-53(54)57-48-26-9-4-21-42(48)43-22-5-10-27-49(43)57/h1-35H/i1D,2D,3D,4D,5D,6D,7D,8D,9D,10D,11D,12D,14D,15D,16D,17D,18D,21D,22D,23D,24D,25D,26D,27D,28D,29D,30D,31D,32D,33D. The van der Waals surface area contributed by atoms with Crippen LogP contribution in [0.25, 0.3) is 105 Å². The average molecular weight is 756 g/mol. The summed E-state index contributed by atoms with van der Waals surface area (Å²) in [5.41, 5.74) is -5.84. The first kappa shape index (κ1) is 14.1. The van der Waals surface area contributed by atoms with Crippen molar-refractivity contribution in [3.05, 3.63) is 212 Å². The molecule has 0 unspecified atom stereocenters. The number of aromatic nitrogens is 3. The summed E-state index contributed by atoms with van der Waals surface area (Å²) >= 11 is 0. The van der Waals surface area contributed by atoms with Crippen molar-refractivity contribution in [2.24, 2.45) is 0 Å². The molecule has 0 saturated carbocycles. The van der Waals surface area contributed by atoms with Gasteiger partial charge < -0.3 is 13.7 Å². The van der Waals surface area contributed by atoms with Crippen LogP contribution >= 0.6 is 0 Å². The summed E-state index contributed by atoms with van der Waals surface area (Å²) < 4.78 is 274. The predicted octanol–water partition coefficient (Wildman–Crippen LogP) is 14.3. The summed E-state index contributed by atoms with van der Waals surface area (Å²) in [4.78, 5) is 0. The van der Waals surface area contributed by atoms with Crippen LogP contribution in [0, 0.1) is 0 Å². The number of nitrogens with zero attached hydrogens (tertiary/aromatic N) is 3. The quantitative estimate of drug-likeness (QED) is 0.166. The molecule has 0 saturated heterocycles. The third kappa shape index (κ3) is 4.79. The minimum Gasteiger partial charge on any atom is -0.309 e. The molecule has 266 valence electrons. The van der Waals surface area contributed by atoms with Crippen molar-refractivity contribution < 1.29 is 41.1 Å². The van der Waals surface area contributed by atoms with Gasteiger partial charge in [-0.15, -0.1) is 0 Å². The van der Waals surface area contributed by atoms with Crippen LogP contribution in [0.3, 0.4) is 0 Å². The van der Waals surface area contributed by atoms with Crippen molar-refractivity contribution in [1.82, 2.24) is 13.7 Å². The van der Waals surface area contributed by atoms with Crippen molar-refractivity contribution in [3.8, 4) is 39.3 Å². The van der Waals surface area contributed by atoms with E-state index in [1.165, 1.54) is 28.8 Å². The SMILES string of the molecule is [2H]c1c([2H])c([2H])c(-c2c([2H])c([2H])c([2H])c(-c3cccc(-n4c5c([2H])c([2H])c(-n6c7c([2H])c([2H])c([2H])c([2H])c7c7c(-n8c9c([2H])c([2H])c([2H])c([2H])c9c9c([2H])c([2H])c([2H])c([2H])c98)c([2H])c([2H])c([2H])c76)cc5c5c([2H])c([2H])c([2H])c([2H])c54)c3)c2[2H])c([2H])c1[2H]. The van der Waals surface area contributed by atoms with Crippen molar-refractivity contribution in [2.75, 3.05) is 0 Å². The molecule has 12 aromatic rings. The smallest absolute Gasteiger partial charge is 0.0646 e. The zero-order valence-electron chi connectivity index (χ0n) is 58.7. The predicted molar refractivity (Wildman–Crippen MR) is 240 cm³/mol. The highest BCUT2D eigenvalue weighted by molar-refractivity contribution is 6.17. The van der Waals surface area contributed by atoms with Gasteiger partial charge in [-0.3, -0.25) is 0 Å². The molecule has 3 heterocycles. The lowest BCUT2D eigenvalue weighted by Crippen LogP contribution is -1.97. The molecule has 0 radical (unpaired) electrons. The number of rotatable bonds is 5. The van der Waals surface area contributed by atoms with Crippen molar-refractivity contribution in [3.63, 3.8) is 0 Å². The van der Waals surface area contributed by atoms with Gasteiger partial charge in [0.2, 0.25) is 0 Å². The minimum absolute atomic E-state index is 0.0733. The molecule has 3 nitrogen and oxygen atoms in total. The van der Waals surface area contributed by atoms with Gasteiger partial charge in [0.15, 0.2) is 0 Å². The number of fused-ring (bicyclic) bond motifs is 9. The van der Waals surface area contributed by atoms with Crippen LogP contribution in [0.1, 0.15) is 41.1 Å². The zero-order chi connectivity index (χ0) is 63.6. The molecule has 0 atom stereocenters. The van der Waals surface area contributed by atoms with Gasteiger partial charge >= 0.3 is 0 Å². The van der Waals surface area contributed by atoms with E-state index in [9.17, 15) is 16.4 Å². The third-order valence-corrected chi connectivity index (χ3v) is 9.69. The first-order chi connectivity index (χ1) is 40.8. The number of hydrogen-bond acceptors (Lipinski definition) is 0. The maximum Gasteiger partial charge on any atom is 0.0646 e. The van der Waals surface area contributed by atoms with Gasteiger partial charge in [0.1, 0.15) is 0 Å². The number of hydrogen-bond donors (Lipinski definition) is 0. The summed E-state index contributed by atoms with van der Waals surface area (Å²) in [6, 6.07) is -17.9. The van der Waals surface area contributed by atoms with E-state index in [0.29, 0.717) is 0 Å². The number of benzene rings is 9. The Bertz CT molecular complexity index is 5180. The van der Waals surface area contributed by atoms with Crippen LogP contribution in [-0.4, -0.2) is 13.7 Å². The highest BCUT2D eigenvalue weighted by atomic mass is 15.0. The molecule has 3 aromatic heterocycles. The molecular weight excluding hydrogens is 691 g/mol. The van der Waals surface area contributed by atoms with E-state index in [4.69, 9.17) is 24.7 Å².